The van der Waals surface area contributed by atoms with Crippen molar-refractivity contribution in [3.63, 3.8) is 0 Å². The molecule has 4 nitrogen and oxygen atoms in total. The van der Waals surface area contributed by atoms with E-state index in [1.807, 2.05) is 0 Å². The molecular weight excluding hydrogens is 365 g/mol. The number of primary sulfonamides is 1. The first kappa shape index (κ1) is 15.8. The second-order valence-electron chi connectivity index (χ2n) is 3.50. The lowest BCUT2D eigenvalue weighted by atomic mass is 10.3. The Labute approximate surface area is 124 Å². The summed E-state index contributed by atoms with van der Waals surface area (Å²) in [6.45, 7) is 1.85. The molecule has 0 aliphatic rings. The van der Waals surface area contributed by atoms with Crippen molar-refractivity contribution in [3.05, 3.63) is 32.7 Å². The second kappa shape index (κ2) is 6.25. The third-order valence-corrected chi connectivity index (χ3v) is 3.94. The van der Waals surface area contributed by atoms with Crippen LogP contribution in [0.2, 0.25) is 5.02 Å². The van der Waals surface area contributed by atoms with E-state index < -0.39 is 10.0 Å². The molecule has 0 saturated carbocycles. The minimum atomic E-state index is -3.92. The lowest BCUT2D eigenvalue weighted by molar-refractivity contribution is 0.343. The molecule has 0 aromatic heterocycles. The van der Waals surface area contributed by atoms with Gasteiger partial charge in [0.25, 0.3) is 0 Å². The van der Waals surface area contributed by atoms with Gasteiger partial charge in [-0.3, -0.25) is 0 Å². The predicted molar refractivity (Wildman–Crippen MR) is 75.6 cm³/mol. The number of ether oxygens (including phenoxy) is 1. The summed E-state index contributed by atoms with van der Waals surface area (Å²) in [5, 5.41) is 5.26. The van der Waals surface area contributed by atoms with Crippen molar-refractivity contribution >= 4 is 49.2 Å². The third kappa shape index (κ3) is 4.13. The number of rotatable bonds is 4. The van der Waals surface area contributed by atoms with Crippen LogP contribution in [0.25, 0.3) is 0 Å². The van der Waals surface area contributed by atoms with Gasteiger partial charge in [0.15, 0.2) is 5.75 Å². The van der Waals surface area contributed by atoms with Gasteiger partial charge < -0.3 is 4.74 Å². The Kier molecular flexibility index (Phi) is 5.48. The molecule has 1 aromatic carbocycles. The van der Waals surface area contributed by atoms with Gasteiger partial charge in [0.1, 0.15) is 11.5 Å². The molecule has 0 radical (unpaired) electrons. The average molecular weight is 375 g/mol. The summed E-state index contributed by atoms with van der Waals surface area (Å²) in [5.74, 6) is 0.0141. The van der Waals surface area contributed by atoms with Crippen molar-refractivity contribution < 1.29 is 13.2 Å². The van der Waals surface area contributed by atoms with E-state index in [0.29, 0.717) is 4.47 Å². The van der Waals surface area contributed by atoms with Crippen LogP contribution in [0, 0.1) is 0 Å². The standard InChI is InChI=1S/C10H10BrCl2NO3S/c1-6(4-12)5-17-10-8(13)2-7(11)3-9(10)18(14,15)16/h2-4H,5H2,1H3,(H2,14,15,16). The summed E-state index contributed by atoms with van der Waals surface area (Å²) in [7, 11) is -3.92. The van der Waals surface area contributed by atoms with Crippen molar-refractivity contribution in [2.75, 3.05) is 6.61 Å². The van der Waals surface area contributed by atoms with Gasteiger partial charge in [-0.1, -0.05) is 39.1 Å². The van der Waals surface area contributed by atoms with E-state index in [4.69, 9.17) is 33.1 Å². The van der Waals surface area contributed by atoms with Gasteiger partial charge in [-0.15, -0.1) is 0 Å². The van der Waals surface area contributed by atoms with Crippen molar-refractivity contribution in [2.45, 2.75) is 11.8 Å². The van der Waals surface area contributed by atoms with Gasteiger partial charge in [0.2, 0.25) is 10.0 Å². The number of benzene rings is 1. The maximum atomic E-state index is 11.4. The van der Waals surface area contributed by atoms with E-state index in [0.717, 1.165) is 5.57 Å². The zero-order valence-corrected chi connectivity index (χ0v) is 13.2. The van der Waals surface area contributed by atoms with E-state index in [-0.39, 0.29) is 22.3 Å². The smallest absolute Gasteiger partial charge is 0.241 e. The van der Waals surface area contributed by atoms with Crippen LogP contribution < -0.4 is 9.88 Å². The van der Waals surface area contributed by atoms with Gasteiger partial charge in [0.05, 0.1) is 5.02 Å². The fourth-order valence-electron chi connectivity index (χ4n) is 1.11. The molecule has 0 aliphatic carbocycles. The lowest BCUT2D eigenvalue weighted by Gasteiger charge is -2.12. The Morgan fingerprint density at radius 3 is 2.67 bits per heavy atom. The summed E-state index contributed by atoms with van der Waals surface area (Å²) in [5.41, 5.74) is 2.06. The van der Waals surface area contributed by atoms with Crippen molar-refractivity contribution in [3.8, 4) is 5.75 Å². The second-order valence-corrected chi connectivity index (χ2v) is 6.57. The lowest BCUT2D eigenvalue weighted by Crippen LogP contribution is -2.14. The zero-order chi connectivity index (χ0) is 13.9. The zero-order valence-electron chi connectivity index (χ0n) is 9.28. The molecular formula is C10H10BrCl2NO3S. The van der Waals surface area contributed by atoms with Crippen LogP contribution in [-0.4, -0.2) is 15.0 Å². The first-order valence-corrected chi connectivity index (χ1v) is 7.81. The maximum absolute atomic E-state index is 11.4. The normalized spacial score (nSPS) is 12.6. The molecule has 0 heterocycles. The molecule has 0 saturated heterocycles. The molecule has 1 aromatic rings. The minimum absolute atomic E-state index is 0.0141. The molecule has 8 heteroatoms. The Morgan fingerprint density at radius 1 is 1.56 bits per heavy atom. The summed E-state index contributed by atoms with van der Waals surface area (Å²) < 4.78 is 28.7. The predicted octanol–water partition coefficient (Wildman–Crippen LogP) is 3.27. The Hall–Kier alpha value is -0.270. The van der Waals surface area contributed by atoms with Crippen molar-refractivity contribution in [1.29, 1.82) is 0 Å². The molecule has 0 aliphatic heterocycles. The number of halogens is 3. The van der Waals surface area contributed by atoms with Crippen LogP contribution in [0.1, 0.15) is 6.92 Å². The highest BCUT2D eigenvalue weighted by atomic mass is 79.9. The molecule has 0 spiro atoms. The highest BCUT2D eigenvalue weighted by Crippen LogP contribution is 2.35. The van der Waals surface area contributed by atoms with E-state index in [1.165, 1.54) is 17.7 Å². The molecule has 0 bridgehead atoms. The molecule has 100 valence electrons. The highest BCUT2D eigenvalue weighted by Gasteiger charge is 2.19. The molecule has 2 N–H and O–H groups in total. The van der Waals surface area contributed by atoms with Crippen LogP contribution in [0.3, 0.4) is 0 Å². The SMILES string of the molecule is CC(=CCl)COc1c(Cl)cc(Br)cc1S(N)(=O)=O. The maximum Gasteiger partial charge on any atom is 0.241 e. The van der Waals surface area contributed by atoms with Gasteiger partial charge in [0, 0.05) is 10.0 Å². The van der Waals surface area contributed by atoms with Crippen LogP contribution in [0.4, 0.5) is 0 Å². The fraction of sp³-hybridized carbons (Fsp3) is 0.200. The summed E-state index contributed by atoms with van der Waals surface area (Å²) in [4.78, 5) is -0.177. The van der Waals surface area contributed by atoms with Gasteiger partial charge >= 0.3 is 0 Å². The van der Waals surface area contributed by atoms with Crippen LogP contribution >= 0.6 is 39.1 Å². The molecule has 0 atom stereocenters. The molecule has 0 unspecified atom stereocenters. The molecule has 1 rings (SSSR count). The van der Waals surface area contributed by atoms with Crippen LogP contribution in [0.5, 0.6) is 5.75 Å². The van der Waals surface area contributed by atoms with E-state index in [2.05, 4.69) is 15.9 Å². The van der Waals surface area contributed by atoms with E-state index >= 15 is 0 Å². The number of nitrogens with two attached hydrogens (primary N) is 1. The summed E-state index contributed by atoms with van der Waals surface area (Å²) in [6.07, 6.45) is 0. The Balaban J connectivity index is 3.25. The number of sulfonamides is 1. The monoisotopic (exact) mass is 373 g/mol. The summed E-state index contributed by atoms with van der Waals surface area (Å²) >= 11 is 14.6. The van der Waals surface area contributed by atoms with Crippen LogP contribution in [0.15, 0.2) is 32.6 Å². The molecule has 0 fully saturated rings. The number of hydrogen-bond donors (Lipinski definition) is 1. The Morgan fingerprint density at radius 2 is 2.17 bits per heavy atom. The van der Waals surface area contributed by atoms with Crippen LogP contribution in [-0.2, 0) is 10.0 Å². The van der Waals surface area contributed by atoms with Gasteiger partial charge in [-0.2, -0.15) is 0 Å². The van der Waals surface area contributed by atoms with E-state index in [1.54, 1.807) is 6.92 Å². The third-order valence-electron chi connectivity index (χ3n) is 1.91. The van der Waals surface area contributed by atoms with Gasteiger partial charge in [-0.25, -0.2) is 13.6 Å². The number of hydrogen-bond acceptors (Lipinski definition) is 3. The minimum Gasteiger partial charge on any atom is -0.486 e. The summed E-state index contributed by atoms with van der Waals surface area (Å²) in [6, 6.07) is 2.85. The Bertz CT molecular complexity index is 587. The van der Waals surface area contributed by atoms with Crippen molar-refractivity contribution in [2.24, 2.45) is 5.14 Å². The molecule has 18 heavy (non-hydrogen) atoms. The fourth-order valence-corrected chi connectivity index (χ4v) is 2.96. The largest absolute Gasteiger partial charge is 0.486 e. The van der Waals surface area contributed by atoms with Crippen molar-refractivity contribution in [1.82, 2.24) is 0 Å². The van der Waals surface area contributed by atoms with Gasteiger partial charge in [-0.05, 0) is 24.6 Å². The first-order chi connectivity index (χ1) is 8.25. The first-order valence-electron chi connectivity index (χ1n) is 4.66. The quantitative estimate of drug-likeness (QED) is 0.879. The molecule has 0 amide bonds. The average Bonchev–Trinajstić information content (AvgIpc) is 2.25. The highest BCUT2D eigenvalue weighted by molar-refractivity contribution is 9.10. The van der Waals surface area contributed by atoms with E-state index in [9.17, 15) is 8.42 Å². The topological polar surface area (TPSA) is 69.4 Å².